The normalized spacial score (nSPS) is 14.6. The lowest BCUT2D eigenvalue weighted by Gasteiger charge is -2.27. The Morgan fingerprint density at radius 3 is 2.51 bits per heavy atom. The van der Waals surface area contributed by atoms with Gasteiger partial charge in [-0.1, -0.05) is 71.7 Å². The summed E-state index contributed by atoms with van der Waals surface area (Å²) in [5, 5.41) is 4.93. The predicted octanol–water partition coefficient (Wildman–Crippen LogP) is 6.71. The number of carbonyl (C=O) groups excluding carboxylic acids is 3. The molecule has 39 heavy (non-hydrogen) atoms. The maximum absolute atomic E-state index is 13.3. The average molecular weight is 561 g/mol. The summed E-state index contributed by atoms with van der Waals surface area (Å²) >= 11 is 12.7. The predicted molar refractivity (Wildman–Crippen MR) is 151 cm³/mol. The number of urea groups is 1. The Bertz CT molecular complexity index is 1680. The zero-order valence-corrected chi connectivity index (χ0v) is 22.5. The number of carbonyl (C=O) groups is 3. The Balaban J connectivity index is 1.46. The molecule has 4 amide bonds. The first kappa shape index (κ1) is 26.3. The zero-order valence-electron chi connectivity index (χ0n) is 21.0. The third-order valence-corrected chi connectivity index (χ3v) is 6.84. The molecule has 1 heterocycles. The highest BCUT2D eigenvalue weighted by Gasteiger charge is 2.37. The third kappa shape index (κ3) is 5.19. The highest BCUT2D eigenvalue weighted by molar-refractivity contribution is 6.40. The van der Waals surface area contributed by atoms with E-state index in [1.165, 1.54) is 19.3 Å². The monoisotopic (exact) mass is 560 g/mol. The SMILES string of the molecule is COc1cc(/C=C2\C(=O)NC(=O)N(c3cc(Cl)ccc3C)C2=O)cc(Cl)c1OCc1cccc2ccccc12. The minimum atomic E-state index is -0.861. The van der Waals surface area contributed by atoms with Gasteiger partial charge in [-0.05, 0) is 64.7 Å². The molecular weight excluding hydrogens is 539 g/mol. The van der Waals surface area contributed by atoms with Gasteiger partial charge in [0.2, 0.25) is 0 Å². The van der Waals surface area contributed by atoms with Crippen molar-refractivity contribution in [3.8, 4) is 11.5 Å². The van der Waals surface area contributed by atoms with Crippen molar-refractivity contribution in [3.63, 3.8) is 0 Å². The molecule has 0 atom stereocenters. The fraction of sp³-hybridized carbons (Fsp3) is 0.100. The van der Waals surface area contributed by atoms with Gasteiger partial charge < -0.3 is 9.47 Å². The van der Waals surface area contributed by atoms with Gasteiger partial charge in [0.25, 0.3) is 11.8 Å². The number of barbiturate groups is 1. The number of aryl methyl sites for hydroxylation is 1. The Labute approximate surface area is 234 Å². The van der Waals surface area contributed by atoms with Crippen molar-refractivity contribution in [2.45, 2.75) is 13.5 Å². The quantitative estimate of drug-likeness (QED) is 0.209. The second kappa shape index (κ2) is 10.8. The molecule has 1 saturated heterocycles. The average Bonchev–Trinajstić information content (AvgIpc) is 2.92. The molecule has 0 radical (unpaired) electrons. The van der Waals surface area contributed by atoms with Gasteiger partial charge in [0.15, 0.2) is 11.5 Å². The molecule has 1 aliphatic rings. The molecule has 4 aromatic rings. The molecule has 0 aromatic heterocycles. The summed E-state index contributed by atoms with van der Waals surface area (Å²) in [6, 6.07) is 21.1. The Morgan fingerprint density at radius 1 is 0.949 bits per heavy atom. The number of methoxy groups -OCH3 is 1. The van der Waals surface area contributed by atoms with Gasteiger partial charge in [-0.3, -0.25) is 14.9 Å². The maximum atomic E-state index is 13.3. The van der Waals surface area contributed by atoms with Crippen molar-refractivity contribution < 1.29 is 23.9 Å². The van der Waals surface area contributed by atoms with Gasteiger partial charge in [0, 0.05) is 5.02 Å². The van der Waals surface area contributed by atoms with Crippen molar-refractivity contribution >= 4 is 63.6 Å². The second-order valence-electron chi connectivity index (χ2n) is 8.85. The van der Waals surface area contributed by atoms with Crippen LogP contribution in [0.4, 0.5) is 10.5 Å². The van der Waals surface area contributed by atoms with E-state index in [2.05, 4.69) is 5.32 Å². The van der Waals surface area contributed by atoms with Gasteiger partial charge >= 0.3 is 6.03 Å². The van der Waals surface area contributed by atoms with Gasteiger partial charge in [-0.15, -0.1) is 0 Å². The van der Waals surface area contributed by atoms with E-state index in [9.17, 15) is 14.4 Å². The molecule has 196 valence electrons. The highest BCUT2D eigenvalue weighted by Crippen LogP contribution is 2.38. The van der Waals surface area contributed by atoms with Crippen LogP contribution in [0.15, 0.2) is 78.4 Å². The maximum Gasteiger partial charge on any atom is 0.335 e. The highest BCUT2D eigenvalue weighted by atomic mass is 35.5. The van der Waals surface area contributed by atoms with Crippen LogP contribution in [-0.2, 0) is 16.2 Å². The standard InChI is InChI=1S/C30H22Cl2N2O5/c1-17-10-11-21(31)15-25(17)34-29(36)23(28(35)33-30(34)37)12-18-13-24(32)27(26(14-18)38-2)39-16-20-8-5-7-19-6-3-4-9-22(19)20/h3-15H,16H2,1-2H3,(H,33,35,37)/b23-12+. The summed E-state index contributed by atoms with van der Waals surface area (Å²) in [4.78, 5) is 39.5. The van der Waals surface area contributed by atoms with Crippen LogP contribution in [0, 0.1) is 6.92 Å². The number of imide groups is 2. The molecule has 7 nitrogen and oxygen atoms in total. The molecular formula is C30H22Cl2N2O5. The summed E-state index contributed by atoms with van der Waals surface area (Å²) in [6.45, 7) is 1.97. The molecule has 0 spiro atoms. The number of hydrogen-bond donors (Lipinski definition) is 1. The summed E-state index contributed by atoms with van der Waals surface area (Å²) in [5.41, 5.74) is 2.04. The van der Waals surface area contributed by atoms with Crippen LogP contribution in [0.2, 0.25) is 10.0 Å². The molecule has 4 aromatic carbocycles. The first-order valence-corrected chi connectivity index (χ1v) is 12.7. The second-order valence-corrected chi connectivity index (χ2v) is 9.69. The molecule has 0 saturated carbocycles. The fourth-order valence-electron chi connectivity index (χ4n) is 4.40. The number of rotatable bonds is 6. The number of halogens is 2. The van der Waals surface area contributed by atoms with E-state index in [0.717, 1.165) is 21.2 Å². The fourth-order valence-corrected chi connectivity index (χ4v) is 4.84. The minimum absolute atomic E-state index is 0.226. The first-order chi connectivity index (χ1) is 18.8. The Morgan fingerprint density at radius 2 is 1.72 bits per heavy atom. The van der Waals surface area contributed by atoms with Crippen molar-refractivity contribution in [2.75, 3.05) is 12.0 Å². The summed E-state index contributed by atoms with van der Waals surface area (Å²) in [6.07, 6.45) is 1.35. The summed E-state index contributed by atoms with van der Waals surface area (Å²) in [7, 11) is 1.47. The van der Waals surface area contributed by atoms with Gasteiger partial charge in [-0.25, -0.2) is 9.69 Å². The molecule has 5 rings (SSSR count). The first-order valence-electron chi connectivity index (χ1n) is 11.9. The molecule has 9 heteroatoms. The molecule has 0 aliphatic carbocycles. The van der Waals surface area contributed by atoms with Crippen molar-refractivity contribution in [1.82, 2.24) is 5.32 Å². The van der Waals surface area contributed by atoms with E-state index in [1.54, 1.807) is 31.2 Å². The number of anilines is 1. The van der Waals surface area contributed by atoms with E-state index >= 15 is 0 Å². The zero-order chi connectivity index (χ0) is 27.7. The van der Waals surface area contributed by atoms with Crippen LogP contribution in [-0.4, -0.2) is 25.0 Å². The summed E-state index contributed by atoms with van der Waals surface area (Å²) < 4.78 is 11.6. The van der Waals surface area contributed by atoms with Gasteiger partial charge in [-0.2, -0.15) is 0 Å². The number of nitrogens with zero attached hydrogens (tertiary/aromatic N) is 1. The number of benzene rings is 4. The Hall–Kier alpha value is -4.33. The molecule has 0 bridgehead atoms. The molecule has 0 unspecified atom stereocenters. The largest absolute Gasteiger partial charge is 0.493 e. The molecule has 1 N–H and O–H groups in total. The van der Waals surface area contributed by atoms with Crippen LogP contribution in [0.1, 0.15) is 16.7 Å². The number of nitrogens with one attached hydrogen (secondary N) is 1. The van der Waals surface area contributed by atoms with Crippen molar-refractivity contribution in [3.05, 3.63) is 105 Å². The van der Waals surface area contributed by atoms with Gasteiger partial charge in [0.1, 0.15) is 12.2 Å². The lowest BCUT2D eigenvalue weighted by Crippen LogP contribution is -2.54. The van der Waals surface area contributed by atoms with E-state index in [1.807, 2.05) is 42.5 Å². The van der Waals surface area contributed by atoms with Crippen molar-refractivity contribution in [1.29, 1.82) is 0 Å². The Kier molecular flexibility index (Phi) is 7.28. The number of amides is 4. The third-order valence-electron chi connectivity index (χ3n) is 6.33. The lowest BCUT2D eigenvalue weighted by molar-refractivity contribution is -0.122. The smallest absolute Gasteiger partial charge is 0.335 e. The molecule has 1 aliphatic heterocycles. The van der Waals surface area contributed by atoms with E-state index in [-0.39, 0.29) is 22.9 Å². The van der Waals surface area contributed by atoms with Crippen LogP contribution in [0.25, 0.3) is 16.8 Å². The number of fused-ring (bicyclic) bond motifs is 1. The van der Waals surface area contributed by atoms with E-state index < -0.39 is 17.8 Å². The number of hydrogen-bond acceptors (Lipinski definition) is 5. The van der Waals surface area contributed by atoms with Gasteiger partial charge in [0.05, 0.1) is 17.8 Å². The van der Waals surface area contributed by atoms with E-state index in [0.29, 0.717) is 27.6 Å². The molecule has 1 fully saturated rings. The topological polar surface area (TPSA) is 84.9 Å². The van der Waals surface area contributed by atoms with E-state index in [4.69, 9.17) is 32.7 Å². The van der Waals surface area contributed by atoms with Crippen LogP contribution in [0.3, 0.4) is 0 Å². The number of ether oxygens (including phenoxy) is 2. The summed E-state index contributed by atoms with van der Waals surface area (Å²) in [5.74, 6) is -0.982. The van der Waals surface area contributed by atoms with Crippen molar-refractivity contribution in [2.24, 2.45) is 0 Å². The van der Waals surface area contributed by atoms with Crippen LogP contribution < -0.4 is 19.7 Å². The lowest BCUT2D eigenvalue weighted by atomic mass is 10.0. The minimum Gasteiger partial charge on any atom is -0.493 e. The van der Waals surface area contributed by atoms with Crippen LogP contribution >= 0.6 is 23.2 Å². The van der Waals surface area contributed by atoms with Crippen LogP contribution in [0.5, 0.6) is 11.5 Å².